The van der Waals surface area contributed by atoms with E-state index in [-0.39, 0.29) is 36.1 Å². The van der Waals surface area contributed by atoms with Crippen molar-refractivity contribution in [1.29, 1.82) is 0 Å². The molecule has 0 aromatic heterocycles. The van der Waals surface area contributed by atoms with Gasteiger partial charge in [-0.05, 0) is 12.8 Å². The van der Waals surface area contributed by atoms with Crippen LogP contribution in [0.4, 0.5) is 4.79 Å². The van der Waals surface area contributed by atoms with Gasteiger partial charge in [0, 0.05) is 31.4 Å². The van der Waals surface area contributed by atoms with Gasteiger partial charge in [-0.15, -0.1) is 12.4 Å². The van der Waals surface area contributed by atoms with E-state index in [1.165, 1.54) is 11.8 Å². The number of piperidine rings is 1. The number of amides is 2. The Morgan fingerprint density at radius 1 is 1.47 bits per heavy atom. The van der Waals surface area contributed by atoms with Gasteiger partial charge in [-0.2, -0.15) is 0 Å². The molecule has 0 aliphatic carbocycles. The Hall–Kier alpha value is -0.460. The average Bonchev–Trinajstić information content (AvgIpc) is 2.64. The first-order valence-electron chi connectivity index (χ1n) is 5.62. The van der Waals surface area contributed by atoms with Crippen molar-refractivity contribution in [1.82, 2.24) is 9.80 Å². The number of likely N-dealkylation sites (tertiary alicyclic amines) is 1. The molecule has 0 saturated carbocycles. The molecular formula is C10H18ClN3O2S. The molecule has 2 saturated heterocycles. The number of carbonyl (C=O) groups is 2. The van der Waals surface area contributed by atoms with Crippen LogP contribution in [0.25, 0.3) is 0 Å². The van der Waals surface area contributed by atoms with Gasteiger partial charge in [-0.25, -0.2) is 0 Å². The molecule has 17 heavy (non-hydrogen) atoms. The molecule has 2 N–H and O–H groups in total. The first-order chi connectivity index (χ1) is 7.66. The summed E-state index contributed by atoms with van der Waals surface area (Å²) in [6.07, 6.45) is 1.96. The van der Waals surface area contributed by atoms with Crippen LogP contribution in [0.1, 0.15) is 12.8 Å². The van der Waals surface area contributed by atoms with Gasteiger partial charge in [0.2, 0.25) is 5.91 Å². The number of hydrogen-bond acceptors (Lipinski definition) is 4. The molecule has 2 fully saturated rings. The van der Waals surface area contributed by atoms with Gasteiger partial charge in [-0.3, -0.25) is 9.59 Å². The molecule has 7 heteroatoms. The summed E-state index contributed by atoms with van der Waals surface area (Å²) in [7, 11) is 0. The minimum Gasteiger partial charge on any atom is -0.340 e. The second-order valence-electron chi connectivity index (χ2n) is 4.28. The molecule has 2 rings (SSSR count). The quantitative estimate of drug-likeness (QED) is 0.801. The molecule has 1 atom stereocenters. The summed E-state index contributed by atoms with van der Waals surface area (Å²) in [5.74, 6) is 0.831. The van der Waals surface area contributed by atoms with Crippen LogP contribution in [-0.4, -0.2) is 58.9 Å². The minimum absolute atomic E-state index is 0. The lowest BCUT2D eigenvalue weighted by molar-refractivity contribution is -0.132. The third-order valence-electron chi connectivity index (χ3n) is 2.98. The van der Waals surface area contributed by atoms with Crippen molar-refractivity contribution in [2.75, 3.05) is 31.9 Å². The molecule has 0 aromatic carbocycles. The van der Waals surface area contributed by atoms with Crippen molar-refractivity contribution >= 4 is 35.3 Å². The van der Waals surface area contributed by atoms with Crippen molar-refractivity contribution < 1.29 is 9.59 Å². The zero-order chi connectivity index (χ0) is 11.5. The lowest BCUT2D eigenvalue weighted by atomic mass is 10.1. The first-order valence-corrected chi connectivity index (χ1v) is 6.60. The van der Waals surface area contributed by atoms with Crippen LogP contribution in [0.15, 0.2) is 0 Å². The Bertz CT molecular complexity index is 303. The van der Waals surface area contributed by atoms with Crippen molar-refractivity contribution in [2.24, 2.45) is 5.73 Å². The van der Waals surface area contributed by atoms with Crippen molar-refractivity contribution in [3.8, 4) is 0 Å². The summed E-state index contributed by atoms with van der Waals surface area (Å²) in [5.41, 5.74) is 5.82. The summed E-state index contributed by atoms with van der Waals surface area (Å²) in [6.45, 7) is 2.32. The Morgan fingerprint density at radius 2 is 2.24 bits per heavy atom. The molecule has 98 valence electrons. The van der Waals surface area contributed by atoms with E-state index in [0.29, 0.717) is 13.1 Å². The normalized spacial score (nSPS) is 24.8. The Kier molecular flexibility index (Phi) is 5.55. The summed E-state index contributed by atoms with van der Waals surface area (Å²) >= 11 is 1.29. The smallest absolute Gasteiger partial charge is 0.282 e. The van der Waals surface area contributed by atoms with Crippen LogP contribution >= 0.6 is 24.2 Å². The van der Waals surface area contributed by atoms with E-state index in [1.54, 1.807) is 9.80 Å². The standard InChI is InChI=1S/C10H17N3O2S.ClH/c11-8-2-1-3-12(6-8)9(14)7-13-4-5-16-10(13)15;/h8H,1-7,11H2;1H. The highest BCUT2D eigenvalue weighted by Gasteiger charge is 2.27. The molecule has 1 unspecified atom stereocenters. The van der Waals surface area contributed by atoms with Gasteiger partial charge >= 0.3 is 0 Å². The molecule has 5 nitrogen and oxygen atoms in total. The van der Waals surface area contributed by atoms with E-state index >= 15 is 0 Å². The number of carbonyl (C=O) groups excluding carboxylic acids is 2. The average molecular weight is 280 g/mol. The van der Waals surface area contributed by atoms with Gasteiger partial charge in [0.25, 0.3) is 5.24 Å². The molecule has 0 radical (unpaired) electrons. The number of hydrogen-bond donors (Lipinski definition) is 1. The van der Waals surface area contributed by atoms with Gasteiger partial charge in [-0.1, -0.05) is 11.8 Å². The van der Waals surface area contributed by atoms with Crippen molar-refractivity contribution in [3.05, 3.63) is 0 Å². The number of nitrogens with zero attached hydrogens (tertiary/aromatic N) is 2. The van der Waals surface area contributed by atoms with E-state index in [9.17, 15) is 9.59 Å². The highest BCUT2D eigenvalue weighted by Crippen LogP contribution is 2.17. The van der Waals surface area contributed by atoms with E-state index < -0.39 is 0 Å². The number of nitrogens with two attached hydrogens (primary N) is 1. The molecule has 2 heterocycles. The van der Waals surface area contributed by atoms with Crippen LogP contribution in [0, 0.1) is 0 Å². The fraction of sp³-hybridized carbons (Fsp3) is 0.800. The zero-order valence-corrected chi connectivity index (χ0v) is 11.3. The maximum atomic E-state index is 11.9. The molecule has 2 aliphatic rings. The molecule has 0 aromatic rings. The highest BCUT2D eigenvalue weighted by atomic mass is 35.5. The Balaban J connectivity index is 0.00000144. The molecule has 0 spiro atoms. The third-order valence-corrected chi connectivity index (χ3v) is 3.87. The Morgan fingerprint density at radius 3 is 2.82 bits per heavy atom. The second-order valence-corrected chi connectivity index (χ2v) is 5.32. The van der Waals surface area contributed by atoms with Gasteiger partial charge in [0.1, 0.15) is 6.54 Å². The van der Waals surface area contributed by atoms with Crippen LogP contribution in [0.5, 0.6) is 0 Å². The molecular weight excluding hydrogens is 262 g/mol. The van der Waals surface area contributed by atoms with Crippen LogP contribution in [0.3, 0.4) is 0 Å². The number of rotatable bonds is 2. The topological polar surface area (TPSA) is 66.6 Å². The Labute approximate surface area is 111 Å². The fourth-order valence-electron chi connectivity index (χ4n) is 2.07. The number of halogens is 1. The lowest BCUT2D eigenvalue weighted by Crippen LogP contribution is -2.49. The van der Waals surface area contributed by atoms with E-state index in [4.69, 9.17) is 5.73 Å². The van der Waals surface area contributed by atoms with E-state index in [0.717, 1.165) is 25.1 Å². The second kappa shape index (κ2) is 6.47. The summed E-state index contributed by atoms with van der Waals surface area (Å²) in [6, 6.07) is 0.0985. The van der Waals surface area contributed by atoms with Crippen LogP contribution in [-0.2, 0) is 4.79 Å². The fourth-order valence-corrected chi connectivity index (χ4v) is 2.89. The summed E-state index contributed by atoms with van der Waals surface area (Å²) in [4.78, 5) is 26.7. The van der Waals surface area contributed by atoms with Gasteiger partial charge < -0.3 is 15.5 Å². The van der Waals surface area contributed by atoms with Crippen molar-refractivity contribution in [3.63, 3.8) is 0 Å². The van der Waals surface area contributed by atoms with Gasteiger partial charge in [0.15, 0.2) is 0 Å². The summed E-state index contributed by atoms with van der Waals surface area (Å²) in [5, 5.41) is 0.0228. The monoisotopic (exact) mass is 279 g/mol. The SMILES string of the molecule is Cl.NC1CCCN(C(=O)CN2CCSC2=O)C1. The van der Waals surface area contributed by atoms with E-state index in [1.807, 2.05) is 0 Å². The third kappa shape index (κ3) is 3.76. The summed E-state index contributed by atoms with van der Waals surface area (Å²) < 4.78 is 0. The molecule has 0 bridgehead atoms. The predicted molar refractivity (Wildman–Crippen MR) is 70.5 cm³/mol. The van der Waals surface area contributed by atoms with Gasteiger partial charge in [0.05, 0.1) is 0 Å². The zero-order valence-electron chi connectivity index (χ0n) is 9.63. The molecule has 2 aliphatic heterocycles. The lowest BCUT2D eigenvalue weighted by Gasteiger charge is -2.31. The van der Waals surface area contributed by atoms with E-state index in [2.05, 4.69) is 0 Å². The largest absolute Gasteiger partial charge is 0.340 e. The number of thioether (sulfide) groups is 1. The maximum Gasteiger partial charge on any atom is 0.282 e. The first kappa shape index (κ1) is 14.6. The minimum atomic E-state index is 0. The van der Waals surface area contributed by atoms with Crippen LogP contribution < -0.4 is 5.73 Å². The molecule has 2 amide bonds. The predicted octanol–water partition coefficient (Wildman–Crippen LogP) is 0.527. The maximum absolute atomic E-state index is 11.9. The van der Waals surface area contributed by atoms with Crippen molar-refractivity contribution in [2.45, 2.75) is 18.9 Å². The van der Waals surface area contributed by atoms with Crippen LogP contribution in [0.2, 0.25) is 0 Å². The highest BCUT2D eigenvalue weighted by molar-refractivity contribution is 8.13.